The van der Waals surface area contributed by atoms with Crippen LogP contribution in [0.15, 0.2) is 42.5 Å². The van der Waals surface area contributed by atoms with Gasteiger partial charge in [-0.15, -0.1) is 0 Å². The molecule has 0 radical (unpaired) electrons. The minimum absolute atomic E-state index is 0.406. The van der Waals surface area contributed by atoms with Gasteiger partial charge in [0.05, 0.1) is 18.2 Å². The number of fused-ring (bicyclic) bond motifs is 1. The summed E-state index contributed by atoms with van der Waals surface area (Å²) in [6.45, 7) is 1.01. The van der Waals surface area contributed by atoms with E-state index in [-0.39, 0.29) is 0 Å². The molecule has 1 aliphatic rings. The quantitative estimate of drug-likeness (QED) is 0.783. The van der Waals surface area contributed by atoms with E-state index in [1.54, 1.807) is 12.1 Å². The summed E-state index contributed by atoms with van der Waals surface area (Å²) in [4.78, 5) is 13.7. The fourth-order valence-corrected chi connectivity index (χ4v) is 2.77. The fraction of sp³-hybridized carbons (Fsp3) is 0.235. The summed E-state index contributed by atoms with van der Waals surface area (Å²) in [7, 11) is 1.32. The third kappa shape index (κ3) is 2.88. The van der Waals surface area contributed by atoms with Gasteiger partial charge in [0.25, 0.3) is 0 Å². The molecule has 2 aromatic rings. The molecule has 23 heavy (non-hydrogen) atoms. The molecule has 120 valence electrons. The van der Waals surface area contributed by atoms with Gasteiger partial charge < -0.3 is 9.64 Å². The van der Waals surface area contributed by atoms with Gasteiger partial charge >= 0.3 is 12.1 Å². The molecule has 0 saturated heterocycles. The van der Waals surface area contributed by atoms with Crippen LogP contribution in [-0.2, 0) is 24.0 Å². The molecule has 2 aromatic carbocycles. The molecule has 0 saturated carbocycles. The van der Waals surface area contributed by atoms with Crippen LogP contribution >= 0.6 is 0 Å². The highest BCUT2D eigenvalue weighted by Gasteiger charge is 2.31. The van der Waals surface area contributed by atoms with Crippen molar-refractivity contribution in [3.63, 3.8) is 0 Å². The summed E-state index contributed by atoms with van der Waals surface area (Å²) in [5, 5.41) is 0. The summed E-state index contributed by atoms with van der Waals surface area (Å²) >= 11 is 0. The van der Waals surface area contributed by atoms with Crippen LogP contribution in [0.2, 0.25) is 0 Å². The Labute approximate surface area is 131 Å². The predicted molar refractivity (Wildman–Crippen MR) is 79.1 cm³/mol. The second-order valence-corrected chi connectivity index (χ2v) is 5.34. The molecule has 0 aliphatic carbocycles. The van der Waals surface area contributed by atoms with E-state index >= 15 is 0 Å². The van der Waals surface area contributed by atoms with E-state index in [0.29, 0.717) is 24.3 Å². The lowest BCUT2D eigenvalue weighted by Gasteiger charge is -2.18. The van der Waals surface area contributed by atoms with Crippen LogP contribution in [0.3, 0.4) is 0 Å². The lowest BCUT2D eigenvalue weighted by atomic mass is 10.0. The van der Waals surface area contributed by atoms with Gasteiger partial charge in [-0.25, -0.2) is 4.79 Å². The second kappa shape index (κ2) is 5.61. The number of hydrogen-bond acceptors (Lipinski definition) is 3. The number of nitrogens with zero attached hydrogens (tertiary/aromatic N) is 1. The maximum Gasteiger partial charge on any atom is 0.416 e. The molecule has 0 amide bonds. The lowest BCUT2D eigenvalue weighted by Crippen LogP contribution is -2.15. The Hall–Kier alpha value is -2.50. The number of rotatable bonds is 2. The zero-order valence-electron chi connectivity index (χ0n) is 12.4. The summed E-state index contributed by atoms with van der Waals surface area (Å²) < 4.78 is 42.7. The van der Waals surface area contributed by atoms with E-state index in [1.165, 1.54) is 19.2 Å². The van der Waals surface area contributed by atoms with Crippen LogP contribution in [-0.4, -0.2) is 13.1 Å². The Balaban J connectivity index is 1.86. The topological polar surface area (TPSA) is 29.5 Å². The number of halogens is 3. The van der Waals surface area contributed by atoms with E-state index < -0.39 is 17.7 Å². The number of carbonyl (C=O) groups excluding carboxylic acids is 1. The van der Waals surface area contributed by atoms with E-state index in [1.807, 2.05) is 11.0 Å². The van der Waals surface area contributed by atoms with Gasteiger partial charge in [-0.3, -0.25) is 0 Å². The third-order valence-electron chi connectivity index (χ3n) is 3.95. The Kier molecular flexibility index (Phi) is 3.75. The number of hydrogen-bond donors (Lipinski definition) is 0. The molecule has 1 aliphatic heterocycles. The Morgan fingerprint density at radius 2 is 1.78 bits per heavy atom. The number of carbonyl (C=O) groups is 1. The lowest BCUT2D eigenvalue weighted by molar-refractivity contribution is -0.137. The van der Waals surface area contributed by atoms with Gasteiger partial charge in [-0.05, 0) is 41.5 Å². The van der Waals surface area contributed by atoms with Gasteiger partial charge in [-0.1, -0.05) is 12.1 Å². The van der Waals surface area contributed by atoms with Gasteiger partial charge in [0.15, 0.2) is 0 Å². The molecule has 0 N–H and O–H groups in total. The number of alkyl halides is 3. The van der Waals surface area contributed by atoms with Gasteiger partial charge in [-0.2, -0.15) is 13.2 Å². The van der Waals surface area contributed by atoms with Crippen molar-refractivity contribution in [1.29, 1.82) is 0 Å². The molecule has 3 nitrogen and oxygen atoms in total. The molecule has 0 atom stereocenters. The fourth-order valence-electron chi connectivity index (χ4n) is 2.77. The average Bonchev–Trinajstić information content (AvgIpc) is 2.97. The van der Waals surface area contributed by atoms with Crippen LogP contribution in [0.4, 0.5) is 18.9 Å². The van der Waals surface area contributed by atoms with Crippen molar-refractivity contribution in [3.05, 3.63) is 64.7 Å². The van der Waals surface area contributed by atoms with E-state index in [0.717, 1.165) is 23.3 Å². The molecule has 0 aromatic heterocycles. The molecule has 0 bridgehead atoms. The second-order valence-electron chi connectivity index (χ2n) is 5.34. The average molecular weight is 321 g/mol. The van der Waals surface area contributed by atoms with Crippen molar-refractivity contribution < 1.29 is 22.7 Å². The first-order chi connectivity index (χ1) is 10.9. The van der Waals surface area contributed by atoms with Gasteiger partial charge in [0.1, 0.15) is 0 Å². The number of esters is 1. The first-order valence-electron chi connectivity index (χ1n) is 7.01. The van der Waals surface area contributed by atoms with Crippen molar-refractivity contribution in [2.75, 3.05) is 12.0 Å². The SMILES string of the molecule is COC(=O)c1cccc2c1CN(c1ccc(C(F)(F)F)cc1)C2. The summed E-state index contributed by atoms with van der Waals surface area (Å²) in [5.41, 5.74) is 2.35. The molecule has 3 rings (SSSR count). The number of ether oxygens (including phenoxy) is 1. The number of benzene rings is 2. The highest BCUT2D eigenvalue weighted by molar-refractivity contribution is 5.91. The smallest absolute Gasteiger partial charge is 0.416 e. The van der Waals surface area contributed by atoms with Crippen molar-refractivity contribution >= 4 is 11.7 Å². The number of anilines is 1. The summed E-state index contributed by atoms with van der Waals surface area (Å²) in [5.74, 6) is -0.406. The minimum atomic E-state index is -4.34. The van der Waals surface area contributed by atoms with Crippen molar-refractivity contribution in [3.8, 4) is 0 Å². The maximum atomic E-state index is 12.6. The maximum absolute atomic E-state index is 12.6. The van der Waals surface area contributed by atoms with Crippen LogP contribution in [0, 0.1) is 0 Å². The van der Waals surface area contributed by atoms with Crippen molar-refractivity contribution in [2.24, 2.45) is 0 Å². The van der Waals surface area contributed by atoms with Crippen LogP contribution < -0.4 is 4.90 Å². The Morgan fingerprint density at radius 1 is 1.09 bits per heavy atom. The normalized spacial score (nSPS) is 13.8. The van der Waals surface area contributed by atoms with Gasteiger partial charge in [0, 0.05) is 18.8 Å². The predicted octanol–water partition coefficient (Wildman–Crippen LogP) is 4.01. The molecule has 1 heterocycles. The Morgan fingerprint density at radius 3 is 2.39 bits per heavy atom. The monoisotopic (exact) mass is 321 g/mol. The van der Waals surface area contributed by atoms with Crippen LogP contribution in [0.5, 0.6) is 0 Å². The molecule has 0 spiro atoms. The van der Waals surface area contributed by atoms with Crippen LogP contribution in [0.1, 0.15) is 27.0 Å². The molecular formula is C17H14F3NO2. The zero-order chi connectivity index (χ0) is 16.6. The Bertz CT molecular complexity index is 738. The van der Waals surface area contributed by atoms with Crippen LogP contribution in [0.25, 0.3) is 0 Å². The summed E-state index contributed by atoms with van der Waals surface area (Å²) in [6, 6.07) is 10.4. The zero-order valence-corrected chi connectivity index (χ0v) is 12.4. The molecule has 6 heteroatoms. The van der Waals surface area contributed by atoms with E-state index in [9.17, 15) is 18.0 Å². The highest BCUT2D eigenvalue weighted by atomic mass is 19.4. The largest absolute Gasteiger partial charge is 0.465 e. The van der Waals surface area contributed by atoms with Crippen molar-refractivity contribution in [1.82, 2.24) is 0 Å². The van der Waals surface area contributed by atoms with Gasteiger partial charge in [0.2, 0.25) is 0 Å². The first kappa shape index (κ1) is 15.4. The standard InChI is InChI=1S/C17H14F3NO2/c1-23-16(22)14-4-2-3-11-9-21(10-15(11)14)13-7-5-12(6-8-13)17(18,19)20/h2-8H,9-10H2,1H3. The summed E-state index contributed by atoms with van der Waals surface area (Å²) in [6.07, 6.45) is -4.34. The molecular weight excluding hydrogens is 307 g/mol. The molecule has 0 fully saturated rings. The highest BCUT2D eigenvalue weighted by Crippen LogP contribution is 2.34. The third-order valence-corrected chi connectivity index (χ3v) is 3.95. The first-order valence-corrected chi connectivity index (χ1v) is 7.01. The minimum Gasteiger partial charge on any atom is -0.465 e. The van der Waals surface area contributed by atoms with E-state index in [4.69, 9.17) is 4.74 Å². The molecule has 0 unspecified atom stereocenters. The number of methoxy groups -OCH3 is 1. The van der Waals surface area contributed by atoms with Crippen molar-refractivity contribution in [2.45, 2.75) is 19.3 Å². The van der Waals surface area contributed by atoms with E-state index in [2.05, 4.69) is 0 Å².